The highest BCUT2D eigenvalue weighted by atomic mass is 32.2. The zero-order valence-electron chi connectivity index (χ0n) is 14.1. The number of hydrogen-bond acceptors (Lipinski definition) is 3. The van der Waals surface area contributed by atoms with E-state index in [0.717, 1.165) is 34.5 Å². The van der Waals surface area contributed by atoms with E-state index in [-0.39, 0.29) is 12.5 Å². The standard InChI is InChI=1S/C19H23NO2S/c1-5-15-8-6-7-9-17(15)20-18(21)12-22-19-13(2)10-16(23-4)11-14(19)3/h6-11H,5,12H2,1-4H3,(H,20,21). The van der Waals surface area contributed by atoms with Gasteiger partial charge in [-0.15, -0.1) is 11.8 Å². The van der Waals surface area contributed by atoms with Crippen LogP contribution in [0.15, 0.2) is 41.3 Å². The summed E-state index contributed by atoms with van der Waals surface area (Å²) in [7, 11) is 0. The molecule has 0 aromatic heterocycles. The molecule has 0 aliphatic rings. The quantitative estimate of drug-likeness (QED) is 0.787. The summed E-state index contributed by atoms with van der Waals surface area (Å²) < 4.78 is 5.75. The number of aryl methyl sites for hydroxylation is 3. The Bertz CT molecular complexity index is 675. The van der Waals surface area contributed by atoms with Crippen LogP contribution in [0.5, 0.6) is 5.75 Å². The first-order valence-corrected chi connectivity index (χ1v) is 8.93. The van der Waals surface area contributed by atoms with Crippen LogP contribution in [0.3, 0.4) is 0 Å². The highest BCUT2D eigenvalue weighted by molar-refractivity contribution is 7.98. The van der Waals surface area contributed by atoms with Crippen LogP contribution < -0.4 is 10.1 Å². The largest absolute Gasteiger partial charge is 0.483 e. The van der Waals surface area contributed by atoms with Gasteiger partial charge in [-0.05, 0) is 61.4 Å². The van der Waals surface area contributed by atoms with Gasteiger partial charge in [0.25, 0.3) is 5.91 Å². The lowest BCUT2D eigenvalue weighted by Gasteiger charge is -2.14. The molecule has 4 heteroatoms. The number of anilines is 1. The van der Waals surface area contributed by atoms with Gasteiger partial charge in [0, 0.05) is 10.6 Å². The second-order valence-electron chi connectivity index (χ2n) is 5.44. The molecule has 23 heavy (non-hydrogen) atoms. The summed E-state index contributed by atoms with van der Waals surface area (Å²) in [6.45, 7) is 6.10. The number of amides is 1. The smallest absolute Gasteiger partial charge is 0.262 e. The molecule has 0 heterocycles. The van der Waals surface area contributed by atoms with Crippen molar-refractivity contribution in [3.8, 4) is 5.75 Å². The van der Waals surface area contributed by atoms with Crippen LogP contribution in [-0.4, -0.2) is 18.8 Å². The molecule has 2 aromatic carbocycles. The molecule has 0 radical (unpaired) electrons. The normalized spacial score (nSPS) is 10.4. The maximum absolute atomic E-state index is 12.2. The van der Waals surface area contributed by atoms with Crippen molar-refractivity contribution in [1.82, 2.24) is 0 Å². The second kappa shape index (κ2) is 8.06. The molecule has 0 atom stereocenters. The van der Waals surface area contributed by atoms with E-state index in [2.05, 4.69) is 24.4 Å². The number of nitrogens with one attached hydrogen (secondary N) is 1. The van der Waals surface area contributed by atoms with Crippen LogP contribution in [0.4, 0.5) is 5.69 Å². The first kappa shape index (κ1) is 17.4. The van der Waals surface area contributed by atoms with E-state index >= 15 is 0 Å². The van der Waals surface area contributed by atoms with Crippen molar-refractivity contribution in [1.29, 1.82) is 0 Å². The van der Waals surface area contributed by atoms with Gasteiger partial charge in [0.1, 0.15) is 5.75 Å². The maximum Gasteiger partial charge on any atom is 0.262 e. The van der Waals surface area contributed by atoms with Gasteiger partial charge in [0.15, 0.2) is 6.61 Å². The topological polar surface area (TPSA) is 38.3 Å². The summed E-state index contributed by atoms with van der Waals surface area (Å²) in [5.74, 6) is 0.653. The minimum Gasteiger partial charge on any atom is -0.483 e. The molecule has 122 valence electrons. The average molecular weight is 329 g/mol. The summed E-state index contributed by atoms with van der Waals surface area (Å²) in [4.78, 5) is 13.4. The Labute approximate surface area is 142 Å². The Kier molecular flexibility index (Phi) is 6.11. The second-order valence-corrected chi connectivity index (χ2v) is 6.32. The van der Waals surface area contributed by atoms with Gasteiger partial charge in [-0.25, -0.2) is 0 Å². The molecule has 0 spiro atoms. The molecule has 3 nitrogen and oxygen atoms in total. The number of hydrogen-bond donors (Lipinski definition) is 1. The Morgan fingerprint density at radius 3 is 2.43 bits per heavy atom. The third-order valence-corrected chi connectivity index (χ3v) is 4.40. The van der Waals surface area contributed by atoms with Crippen molar-refractivity contribution in [3.05, 3.63) is 53.1 Å². The molecule has 0 bridgehead atoms. The van der Waals surface area contributed by atoms with E-state index in [0.29, 0.717) is 0 Å². The summed E-state index contributed by atoms with van der Waals surface area (Å²) in [6.07, 6.45) is 2.93. The Balaban J connectivity index is 2.02. The van der Waals surface area contributed by atoms with E-state index in [1.54, 1.807) is 11.8 Å². The van der Waals surface area contributed by atoms with Crippen LogP contribution in [0, 0.1) is 13.8 Å². The molecular weight excluding hydrogens is 306 g/mol. The summed E-state index contributed by atoms with van der Waals surface area (Å²) >= 11 is 1.70. The molecule has 1 amide bonds. The predicted octanol–water partition coefficient (Wildman–Crippen LogP) is 4.61. The highest BCUT2D eigenvalue weighted by Gasteiger charge is 2.10. The summed E-state index contributed by atoms with van der Waals surface area (Å²) in [5.41, 5.74) is 4.08. The number of benzene rings is 2. The molecule has 0 fully saturated rings. The van der Waals surface area contributed by atoms with Crippen LogP contribution in [0.2, 0.25) is 0 Å². The van der Waals surface area contributed by atoms with Crippen LogP contribution >= 0.6 is 11.8 Å². The molecule has 2 rings (SSSR count). The lowest BCUT2D eigenvalue weighted by Crippen LogP contribution is -2.21. The molecule has 2 aromatic rings. The van der Waals surface area contributed by atoms with E-state index < -0.39 is 0 Å². The van der Waals surface area contributed by atoms with Crippen LogP contribution in [0.25, 0.3) is 0 Å². The molecular formula is C19H23NO2S. The van der Waals surface area contributed by atoms with E-state index in [9.17, 15) is 4.79 Å². The lowest BCUT2D eigenvalue weighted by molar-refractivity contribution is -0.118. The first-order chi connectivity index (χ1) is 11.0. The summed E-state index contributed by atoms with van der Waals surface area (Å²) in [5, 5.41) is 2.93. The fraction of sp³-hybridized carbons (Fsp3) is 0.316. The Morgan fingerprint density at radius 2 is 1.83 bits per heavy atom. The monoisotopic (exact) mass is 329 g/mol. The lowest BCUT2D eigenvalue weighted by atomic mass is 10.1. The van der Waals surface area contributed by atoms with Crippen molar-refractivity contribution < 1.29 is 9.53 Å². The van der Waals surface area contributed by atoms with Crippen molar-refractivity contribution in [2.24, 2.45) is 0 Å². The van der Waals surface area contributed by atoms with E-state index in [1.165, 1.54) is 4.90 Å². The summed E-state index contributed by atoms with van der Waals surface area (Å²) in [6, 6.07) is 12.0. The van der Waals surface area contributed by atoms with E-state index in [4.69, 9.17) is 4.74 Å². The maximum atomic E-state index is 12.2. The van der Waals surface area contributed by atoms with Gasteiger partial charge in [-0.2, -0.15) is 0 Å². The van der Waals surface area contributed by atoms with Crippen molar-refractivity contribution in [3.63, 3.8) is 0 Å². The Morgan fingerprint density at radius 1 is 1.17 bits per heavy atom. The van der Waals surface area contributed by atoms with Gasteiger partial charge in [0.2, 0.25) is 0 Å². The van der Waals surface area contributed by atoms with E-state index in [1.807, 2.05) is 44.4 Å². The zero-order chi connectivity index (χ0) is 16.8. The number of ether oxygens (including phenoxy) is 1. The molecule has 1 N–H and O–H groups in total. The van der Waals surface area contributed by atoms with Gasteiger partial charge in [0.05, 0.1) is 0 Å². The predicted molar refractivity (Wildman–Crippen MR) is 97.6 cm³/mol. The van der Waals surface area contributed by atoms with Crippen molar-refractivity contribution in [2.45, 2.75) is 32.1 Å². The minimum absolute atomic E-state index is 0.0122. The fourth-order valence-electron chi connectivity index (χ4n) is 2.53. The third-order valence-electron chi connectivity index (χ3n) is 3.69. The van der Waals surface area contributed by atoms with Crippen molar-refractivity contribution >= 4 is 23.4 Å². The Hall–Kier alpha value is -1.94. The number of thioether (sulfide) groups is 1. The van der Waals surface area contributed by atoms with Gasteiger partial charge in [-0.3, -0.25) is 4.79 Å². The van der Waals surface area contributed by atoms with Crippen molar-refractivity contribution in [2.75, 3.05) is 18.2 Å². The number of carbonyl (C=O) groups is 1. The zero-order valence-corrected chi connectivity index (χ0v) is 14.9. The van der Waals surface area contributed by atoms with Crippen LogP contribution in [0.1, 0.15) is 23.6 Å². The van der Waals surface area contributed by atoms with Gasteiger partial charge in [-0.1, -0.05) is 25.1 Å². The third kappa shape index (κ3) is 4.52. The molecule has 0 saturated carbocycles. The molecule has 0 aliphatic heterocycles. The fourth-order valence-corrected chi connectivity index (χ4v) is 3.12. The molecule has 0 aliphatic carbocycles. The number of para-hydroxylation sites is 1. The first-order valence-electron chi connectivity index (χ1n) is 7.71. The van der Waals surface area contributed by atoms with Gasteiger partial charge >= 0.3 is 0 Å². The average Bonchev–Trinajstić information content (AvgIpc) is 2.54. The SMILES string of the molecule is CCc1ccccc1NC(=O)COc1c(C)cc(SC)cc1C. The van der Waals surface area contributed by atoms with Gasteiger partial charge < -0.3 is 10.1 Å². The molecule has 0 saturated heterocycles. The minimum atomic E-state index is -0.140. The number of rotatable bonds is 6. The highest BCUT2D eigenvalue weighted by Crippen LogP contribution is 2.28. The number of carbonyl (C=O) groups excluding carboxylic acids is 1. The molecule has 0 unspecified atom stereocenters. The van der Waals surface area contributed by atoms with Crippen LogP contribution in [-0.2, 0) is 11.2 Å².